The first-order valence-corrected chi connectivity index (χ1v) is 13.9. The molecule has 29 heavy (non-hydrogen) atoms. The van der Waals surface area contributed by atoms with Crippen LogP contribution in [0.1, 0.15) is 168 Å². The summed E-state index contributed by atoms with van der Waals surface area (Å²) in [6, 6.07) is 0. The molecule has 1 nitrogen and oxygen atoms in total. The van der Waals surface area contributed by atoms with Crippen LogP contribution >= 0.6 is 0 Å². The van der Waals surface area contributed by atoms with E-state index in [1.807, 2.05) is 0 Å². The summed E-state index contributed by atoms with van der Waals surface area (Å²) < 4.78 is 0. The van der Waals surface area contributed by atoms with Gasteiger partial charge in [0.1, 0.15) is 0 Å². The summed E-state index contributed by atoms with van der Waals surface area (Å²) in [4.78, 5) is 0. The average molecular weight is 411 g/mol. The lowest BCUT2D eigenvalue weighted by molar-refractivity contribution is 0.282. The molecule has 0 aliphatic heterocycles. The fourth-order valence-electron chi connectivity index (χ4n) is 4.50. The van der Waals surface area contributed by atoms with Gasteiger partial charge < -0.3 is 5.11 Å². The molecule has 0 aliphatic rings. The van der Waals surface area contributed by atoms with Crippen molar-refractivity contribution >= 4 is 0 Å². The van der Waals surface area contributed by atoms with Gasteiger partial charge in [0.05, 0.1) is 0 Å². The standard InChI is InChI=1S/C28H58O/c1-3-4-5-6-7-8-9-10-13-16-19-22-25-28(2)26-23-20-17-14-11-12-15-18-21-24-27-29/h28-29H,3-27H2,1-2H3/t28-/m0/s1. The molecule has 0 aromatic carbocycles. The van der Waals surface area contributed by atoms with E-state index in [4.69, 9.17) is 5.11 Å². The molecular weight excluding hydrogens is 352 g/mol. The Labute approximate surface area is 185 Å². The van der Waals surface area contributed by atoms with Crippen LogP contribution in [-0.2, 0) is 0 Å². The van der Waals surface area contributed by atoms with Gasteiger partial charge in [-0.05, 0) is 12.3 Å². The molecule has 176 valence electrons. The van der Waals surface area contributed by atoms with Crippen LogP contribution in [0.15, 0.2) is 0 Å². The number of aliphatic hydroxyl groups excluding tert-OH is 1. The maximum Gasteiger partial charge on any atom is 0.0431 e. The topological polar surface area (TPSA) is 20.2 Å². The molecule has 0 amide bonds. The third kappa shape index (κ3) is 25.9. The van der Waals surface area contributed by atoms with Gasteiger partial charge in [-0.15, -0.1) is 0 Å². The highest BCUT2D eigenvalue weighted by molar-refractivity contribution is 4.56. The van der Waals surface area contributed by atoms with E-state index in [-0.39, 0.29) is 0 Å². The van der Waals surface area contributed by atoms with Crippen molar-refractivity contribution < 1.29 is 5.11 Å². The third-order valence-corrected chi connectivity index (χ3v) is 6.66. The van der Waals surface area contributed by atoms with E-state index in [2.05, 4.69) is 13.8 Å². The zero-order chi connectivity index (χ0) is 21.3. The van der Waals surface area contributed by atoms with Crippen LogP contribution in [0.4, 0.5) is 0 Å². The molecule has 1 atom stereocenters. The van der Waals surface area contributed by atoms with E-state index in [0.717, 1.165) is 12.3 Å². The van der Waals surface area contributed by atoms with E-state index in [0.29, 0.717) is 6.61 Å². The molecule has 0 radical (unpaired) electrons. The molecule has 0 aromatic heterocycles. The second-order valence-electron chi connectivity index (χ2n) is 9.83. The lowest BCUT2D eigenvalue weighted by atomic mass is 9.95. The van der Waals surface area contributed by atoms with Crippen molar-refractivity contribution in [3.8, 4) is 0 Å². The summed E-state index contributed by atoms with van der Waals surface area (Å²) in [7, 11) is 0. The highest BCUT2D eigenvalue weighted by Crippen LogP contribution is 2.19. The van der Waals surface area contributed by atoms with Crippen LogP contribution in [-0.4, -0.2) is 11.7 Å². The quantitative estimate of drug-likeness (QED) is 0.148. The van der Waals surface area contributed by atoms with Gasteiger partial charge >= 0.3 is 0 Å². The van der Waals surface area contributed by atoms with Crippen molar-refractivity contribution in [1.29, 1.82) is 0 Å². The lowest BCUT2D eigenvalue weighted by Crippen LogP contribution is -1.95. The minimum absolute atomic E-state index is 0.373. The Bertz CT molecular complexity index is 275. The van der Waals surface area contributed by atoms with Crippen LogP contribution in [0.2, 0.25) is 0 Å². The molecule has 0 aliphatic carbocycles. The molecule has 0 aromatic rings. The minimum atomic E-state index is 0.373. The SMILES string of the molecule is CCCCCCCCCCCCCC[C@H](C)CCCCCCCCCCCCO. The molecule has 0 heterocycles. The van der Waals surface area contributed by atoms with Crippen LogP contribution in [0, 0.1) is 5.92 Å². The largest absolute Gasteiger partial charge is 0.396 e. The van der Waals surface area contributed by atoms with Crippen LogP contribution in [0.3, 0.4) is 0 Å². The molecular formula is C28H58O. The Balaban J connectivity index is 3.12. The van der Waals surface area contributed by atoms with Gasteiger partial charge in [-0.25, -0.2) is 0 Å². The molecule has 0 saturated heterocycles. The van der Waals surface area contributed by atoms with Crippen molar-refractivity contribution in [1.82, 2.24) is 0 Å². The maximum absolute atomic E-state index is 8.76. The second kappa shape index (κ2) is 26.0. The van der Waals surface area contributed by atoms with Gasteiger partial charge in [0.25, 0.3) is 0 Å². The Morgan fingerprint density at radius 3 is 1.00 bits per heavy atom. The van der Waals surface area contributed by atoms with Crippen LogP contribution in [0.25, 0.3) is 0 Å². The lowest BCUT2D eigenvalue weighted by Gasteiger charge is -2.11. The summed E-state index contributed by atoms with van der Waals surface area (Å²) in [5.74, 6) is 0.949. The monoisotopic (exact) mass is 410 g/mol. The number of aliphatic hydroxyl groups is 1. The normalized spacial score (nSPS) is 12.5. The summed E-state index contributed by atoms with van der Waals surface area (Å²) in [6.45, 7) is 5.15. The smallest absolute Gasteiger partial charge is 0.0431 e. The Morgan fingerprint density at radius 2 is 0.690 bits per heavy atom. The van der Waals surface area contributed by atoms with Gasteiger partial charge in [0.15, 0.2) is 0 Å². The molecule has 1 N–H and O–H groups in total. The molecule has 0 fully saturated rings. The minimum Gasteiger partial charge on any atom is -0.396 e. The summed E-state index contributed by atoms with van der Waals surface area (Å²) in [5.41, 5.74) is 0. The Hall–Kier alpha value is -0.0400. The highest BCUT2D eigenvalue weighted by Gasteiger charge is 2.02. The molecule has 0 saturated carbocycles. The fraction of sp³-hybridized carbons (Fsp3) is 1.00. The van der Waals surface area contributed by atoms with Crippen LogP contribution in [0.5, 0.6) is 0 Å². The number of rotatable bonds is 25. The zero-order valence-electron chi connectivity index (χ0n) is 20.7. The predicted molar refractivity (Wildman–Crippen MR) is 133 cm³/mol. The highest BCUT2D eigenvalue weighted by atomic mass is 16.2. The van der Waals surface area contributed by atoms with E-state index in [9.17, 15) is 0 Å². The van der Waals surface area contributed by atoms with Gasteiger partial charge in [-0.1, -0.05) is 162 Å². The predicted octanol–water partition coefficient (Wildman–Crippen LogP) is 10.00. The first-order valence-electron chi connectivity index (χ1n) is 13.9. The van der Waals surface area contributed by atoms with Crippen LogP contribution < -0.4 is 0 Å². The van der Waals surface area contributed by atoms with Gasteiger partial charge in [0.2, 0.25) is 0 Å². The van der Waals surface area contributed by atoms with Crippen molar-refractivity contribution in [3.63, 3.8) is 0 Å². The summed E-state index contributed by atoms with van der Waals surface area (Å²) in [6.07, 6.45) is 34.0. The molecule has 0 unspecified atom stereocenters. The van der Waals surface area contributed by atoms with Crippen molar-refractivity contribution in [2.24, 2.45) is 5.92 Å². The van der Waals surface area contributed by atoms with E-state index >= 15 is 0 Å². The number of hydrogen-bond donors (Lipinski definition) is 1. The number of unbranched alkanes of at least 4 members (excludes halogenated alkanes) is 20. The summed E-state index contributed by atoms with van der Waals surface area (Å²) in [5, 5.41) is 8.76. The zero-order valence-corrected chi connectivity index (χ0v) is 20.7. The second-order valence-corrected chi connectivity index (χ2v) is 9.83. The fourth-order valence-corrected chi connectivity index (χ4v) is 4.50. The van der Waals surface area contributed by atoms with Crippen molar-refractivity contribution in [3.05, 3.63) is 0 Å². The first-order chi connectivity index (χ1) is 14.3. The number of hydrogen-bond acceptors (Lipinski definition) is 1. The maximum atomic E-state index is 8.76. The van der Waals surface area contributed by atoms with Gasteiger partial charge in [0, 0.05) is 6.61 Å². The van der Waals surface area contributed by atoms with Crippen molar-refractivity contribution in [2.45, 2.75) is 168 Å². The van der Waals surface area contributed by atoms with E-state index in [1.54, 1.807) is 0 Å². The molecule has 0 rings (SSSR count). The van der Waals surface area contributed by atoms with Crippen molar-refractivity contribution in [2.75, 3.05) is 6.61 Å². The third-order valence-electron chi connectivity index (χ3n) is 6.66. The Kier molecular flexibility index (Phi) is 26.0. The van der Waals surface area contributed by atoms with E-state index < -0.39 is 0 Å². The molecule has 1 heteroatoms. The summed E-state index contributed by atoms with van der Waals surface area (Å²) >= 11 is 0. The van der Waals surface area contributed by atoms with Gasteiger partial charge in [-0.2, -0.15) is 0 Å². The molecule has 0 bridgehead atoms. The van der Waals surface area contributed by atoms with E-state index in [1.165, 1.54) is 148 Å². The Morgan fingerprint density at radius 1 is 0.414 bits per heavy atom. The first kappa shape index (κ1) is 29.0. The average Bonchev–Trinajstić information content (AvgIpc) is 2.72. The van der Waals surface area contributed by atoms with Gasteiger partial charge in [-0.3, -0.25) is 0 Å². The molecule has 0 spiro atoms.